The SMILES string of the molecule is Cc1cc(OCC2CCN(c3ccc(-c4ncc(C(F)(F)F)[nH]4)cn3)CC2)cc(C(=O)O)c1. The first-order chi connectivity index (χ1) is 15.7. The van der Waals surface area contributed by atoms with E-state index >= 15 is 0 Å². The van der Waals surface area contributed by atoms with Crippen molar-refractivity contribution in [1.29, 1.82) is 0 Å². The van der Waals surface area contributed by atoms with Crippen molar-refractivity contribution < 1.29 is 27.8 Å². The van der Waals surface area contributed by atoms with Crippen molar-refractivity contribution >= 4 is 11.8 Å². The fourth-order valence-corrected chi connectivity index (χ4v) is 3.82. The van der Waals surface area contributed by atoms with Crippen LogP contribution >= 0.6 is 0 Å². The molecule has 1 aliphatic rings. The lowest BCUT2D eigenvalue weighted by molar-refractivity contribution is -0.140. The zero-order valence-corrected chi connectivity index (χ0v) is 17.9. The predicted octanol–water partition coefficient (Wildman–Crippen LogP) is 4.79. The fourth-order valence-electron chi connectivity index (χ4n) is 3.82. The highest BCUT2D eigenvalue weighted by molar-refractivity contribution is 5.88. The van der Waals surface area contributed by atoms with Gasteiger partial charge in [0.15, 0.2) is 0 Å². The Morgan fingerprint density at radius 1 is 1.18 bits per heavy atom. The highest BCUT2D eigenvalue weighted by Gasteiger charge is 2.33. The molecule has 3 heterocycles. The van der Waals surface area contributed by atoms with Crippen LogP contribution in [0.5, 0.6) is 5.75 Å². The summed E-state index contributed by atoms with van der Waals surface area (Å²) >= 11 is 0. The van der Waals surface area contributed by atoms with E-state index in [0.717, 1.165) is 43.5 Å². The third-order valence-corrected chi connectivity index (χ3v) is 5.62. The molecular formula is C23H23F3N4O3. The molecule has 1 aliphatic heterocycles. The van der Waals surface area contributed by atoms with Gasteiger partial charge in [-0.2, -0.15) is 13.2 Å². The number of rotatable bonds is 6. The van der Waals surface area contributed by atoms with Gasteiger partial charge in [-0.25, -0.2) is 14.8 Å². The van der Waals surface area contributed by atoms with Crippen molar-refractivity contribution in [2.75, 3.05) is 24.6 Å². The van der Waals surface area contributed by atoms with E-state index in [1.807, 2.05) is 13.0 Å². The maximum Gasteiger partial charge on any atom is 0.432 e. The number of aromatic amines is 1. The lowest BCUT2D eigenvalue weighted by Crippen LogP contribution is -2.36. The van der Waals surface area contributed by atoms with Gasteiger partial charge in [-0.3, -0.25) is 0 Å². The Morgan fingerprint density at radius 2 is 1.94 bits per heavy atom. The number of pyridine rings is 1. The fraction of sp³-hybridized carbons (Fsp3) is 0.348. The van der Waals surface area contributed by atoms with Crippen LogP contribution in [0, 0.1) is 12.8 Å². The molecule has 1 saturated heterocycles. The summed E-state index contributed by atoms with van der Waals surface area (Å²) in [5, 5.41) is 9.19. The predicted molar refractivity (Wildman–Crippen MR) is 115 cm³/mol. The molecule has 4 rings (SSSR count). The number of benzene rings is 1. The minimum atomic E-state index is -4.47. The minimum absolute atomic E-state index is 0.124. The number of carboxylic acid groups (broad SMARTS) is 1. The summed E-state index contributed by atoms with van der Waals surface area (Å²) < 4.78 is 44.1. The third kappa shape index (κ3) is 5.44. The Balaban J connectivity index is 1.31. The molecule has 0 aliphatic carbocycles. The molecule has 2 aromatic heterocycles. The number of H-pyrrole nitrogens is 1. The molecule has 33 heavy (non-hydrogen) atoms. The van der Waals surface area contributed by atoms with Crippen molar-refractivity contribution in [2.45, 2.75) is 25.9 Å². The molecule has 0 spiro atoms. The first kappa shape index (κ1) is 22.6. The number of aromatic carboxylic acids is 1. The number of carboxylic acids is 1. The molecule has 0 atom stereocenters. The van der Waals surface area contributed by atoms with Gasteiger partial charge < -0.3 is 19.7 Å². The lowest BCUT2D eigenvalue weighted by Gasteiger charge is -2.32. The number of halogens is 3. The van der Waals surface area contributed by atoms with E-state index in [-0.39, 0.29) is 11.4 Å². The molecule has 0 bridgehead atoms. The van der Waals surface area contributed by atoms with Crippen molar-refractivity contribution in [3.05, 3.63) is 59.5 Å². The second kappa shape index (κ2) is 9.13. The van der Waals surface area contributed by atoms with Gasteiger partial charge in [0.05, 0.1) is 18.4 Å². The molecule has 0 unspecified atom stereocenters. The van der Waals surface area contributed by atoms with E-state index in [0.29, 0.717) is 23.8 Å². The smallest absolute Gasteiger partial charge is 0.432 e. The van der Waals surface area contributed by atoms with E-state index in [2.05, 4.69) is 19.9 Å². The Labute approximate surface area is 188 Å². The number of hydrogen-bond donors (Lipinski definition) is 2. The van der Waals surface area contributed by atoms with Crippen molar-refractivity contribution in [1.82, 2.24) is 15.0 Å². The van der Waals surface area contributed by atoms with E-state index in [1.165, 1.54) is 12.3 Å². The van der Waals surface area contributed by atoms with Crippen LogP contribution in [-0.2, 0) is 6.18 Å². The zero-order chi connectivity index (χ0) is 23.6. The van der Waals surface area contributed by atoms with Crippen molar-refractivity contribution in [3.63, 3.8) is 0 Å². The zero-order valence-electron chi connectivity index (χ0n) is 17.9. The van der Waals surface area contributed by atoms with Gasteiger partial charge in [0.1, 0.15) is 23.1 Å². The number of anilines is 1. The number of ether oxygens (including phenoxy) is 1. The van der Waals surface area contributed by atoms with E-state index < -0.39 is 17.8 Å². The van der Waals surface area contributed by atoms with Gasteiger partial charge in [-0.1, -0.05) is 0 Å². The molecule has 1 fully saturated rings. The highest BCUT2D eigenvalue weighted by atomic mass is 19.4. The normalized spacial score (nSPS) is 15.0. The van der Waals surface area contributed by atoms with Gasteiger partial charge in [0, 0.05) is 24.8 Å². The summed E-state index contributed by atoms with van der Waals surface area (Å²) in [6, 6.07) is 8.44. The van der Waals surface area contributed by atoms with Crippen LogP contribution in [0.25, 0.3) is 11.4 Å². The minimum Gasteiger partial charge on any atom is -0.493 e. The number of imidazole rings is 1. The van der Waals surface area contributed by atoms with Crippen LogP contribution in [0.15, 0.2) is 42.7 Å². The number of nitrogens with zero attached hydrogens (tertiary/aromatic N) is 3. The number of nitrogens with one attached hydrogen (secondary N) is 1. The van der Waals surface area contributed by atoms with Crippen LogP contribution in [0.4, 0.5) is 19.0 Å². The van der Waals surface area contributed by atoms with Crippen molar-refractivity contribution in [2.24, 2.45) is 5.92 Å². The Kier molecular flexibility index (Phi) is 6.26. The molecule has 174 valence electrons. The Bertz CT molecular complexity index is 1120. The van der Waals surface area contributed by atoms with Gasteiger partial charge >= 0.3 is 12.1 Å². The average Bonchev–Trinajstić information content (AvgIpc) is 3.29. The number of hydrogen-bond acceptors (Lipinski definition) is 5. The largest absolute Gasteiger partial charge is 0.493 e. The van der Waals surface area contributed by atoms with Crippen LogP contribution in [0.1, 0.15) is 34.5 Å². The maximum absolute atomic E-state index is 12.7. The number of aryl methyl sites for hydroxylation is 1. The van der Waals surface area contributed by atoms with Gasteiger partial charge in [0.25, 0.3) is 0 Å². The van der Waals surface area contributed by atoms with Crippen LogP contribution in [-0.4, -0.2) is 45.7 Å². The molecule has 10 heteroatoms. The number of aromatic nitrogens is 3. The molecule has 2 N–H and O–H groups in total. The number of piperidine rings is 1. The first-order valence-electron chi connectivity index (χ1n) is 10.5. The van der Waals surface area contributed by atoms with Crippen LogP contribution < -0.4 is 9.64 Å². The van der Waals surface area contributed by atoms with E-state index in [9.17, 15) is 23.1 Å². The third-order valence-electron chi connectivity index (χ3n) is 5.62. The topological polar surface area (TPSA) is 91.3 Å². The number of alkyl halides is 3. The molecular weight excluding hydrogens is 437 g/mol. The standard InChI is InChI=1S/C23H23F3N4O3/c1-14-8-17(22(31)32)10-18(9-14)33-13-15-4-6-30(7-5-15)20-3-2-16(11-27-20)21-28-12-19(29-21)23(24,25)26/h2-3,8-12,15H,4-7,13H2,1H3,(H,28,29)(H,31,32). The molecule has 0 amide bonds. The van der Waals surface area contributed by atoms with E-state index in [4.69, 9.17) is 4.74 Å². The molecule has 1 aromatic carbocycles. The summed E-state index contributed by atoms with van der Waals surface area (Å²) in [4.78, 5) is 23.8. The highest BCUT2D eigenvalue weighted by Crippen LogP contribution is 2.30. The van der Waals surface area contributed by atoms with Gasteiger partial charge in [0.2, 0.25) is 0 Å². The maximum atomic E-state index is 12.7. The van der Waals surface area contributed by atoms with Gasteiger partial charge in [-0.05, 0) is 61.6 Å². The molecule has 0 radical (unpaired) electrons. The number of carbonyl (C=O) groups is 1. The quantitative estimate of drug-likeness (QED) is 0.550. The van der Waals surface area contributed by atoms with Crippen LogP contribution in [0.2, 0.25) is 0 Å². The summed E-state index contributed by atoms with van der Waals surface area (Å²) in [6.45, 7) is 3.88. The Hall–Kier alpha value is -3.56. The lowest BCUT2D eigenvalue weighted by atomic mass is 9.97. The molecule has 7 nitrogen and oxygen atoms in total. The summed E-state index contributed by atoms with van der Waals surface area (Å²) in [5.74, 6) is 0.782. The van der Waals surface area contributed by atoms with Crippen LogP contribution in [0.3, 0.4) is 0 Å². The van der Waals surface area contributed by atoms with Gasteiger partial charge in [-0.15, -0.1) is 0 Å². The van der Waals surface area contributed by atoms with E-state index in [1.54, 1.807) is 18.2 Å². The summed E-state index contributed by atoms with van der Waals surface area (Å²) in [5.41, 5.74) is 0.629. The summed E-state index contributed by atoms with van der Waals surface area (Å²) in [7, 11) is 0. The second-order valence-electron chi connectivity index (χ2n) is 8.13. The molecule has 0 saturated carbocycles. The average molecular weight is 460 g/mol. The second-order valence-corrected chi connectivity index (χ2v) is 8.13. The summed E-state index contributed by atoms with van der Waals surface area (Å²) in [6.07, 6.45) is -0.413. The molecule has 3 aromatic rings. The Morgan fingerprint density at radius 3 is 2.55 bits per heavy atom. The monoisotopic (exact) mass is 460 g/mol. The van der Waals surface area contributed by atoms with Crippen molar-refractivity contribution in [3.8, 4) is 17.1 Å². The first-order valence-corrected chi connectivity index (χ1v) is 10.5.